The number of carbonyl (C=O) groups excluding carboxylic acids is 1. The number of Topliss-reactive ketones (excluding diaryl/α,β-unsaturated/α-hetero) is 1. The highest BCUT2D eigenvalue weighted by molar-refractivity contribution is 5.90. The predicted molar refractivity (Wildman–Crippen MR) is 58.9 cm³/mol. The first kappa shape index (κ1) is 12.7. The van der Waals surface area contributed by atoms with Crippen molar-refractivity contribution in [2.45, 2.75) is 58.2 Å². The van der Waals surface area contributed by atoms with Crippen LogP contribution < -0.4 is 0 Å². The van der Waals surface area contributed by atoms with Crippen LogP contribution >= 0.6 is 0 Å². The van der Waals surface area contributed by atoms with Gasteiger partial charge < -0.3 is 9.47 Å². The third-order valence-electron chi connectivity index (χ3n) is 2.64. The summed E-state index contributed by atoms with van der Waals surface area (Å²) in [5, 5.41) is 0. The Balaban J connectivity index is 2.10. The maximum absolute atomic E-state index is 11.2. The van der Waals surface area contributed by atoms with Crippen molar-refractivity contribution in [1.82, 2.24) is 0 Å². The Bertz CT molecular complexity index is 191. The van der Waals surface area contributed by atoms with Crippen LogP contribution in [0.1, 0.15) is 46.0 Å². The highest BCUT2D eigenvalue weighted by atomic mass is 16.5. The predicted octanol–water partition coefficient (Wildman–Crippen LogP) is 2.33. The van der Waals surface area contributed by atoms with Crippen molar-refractivity contribution >= 4 is 5.78 Å². The number of carbonyl (C=O) groups is 1. The summed E-state index contributed by atoms with van der Waals surface area (Å²) >= 11 is 0. The van der Waals surface area contributed by atoms with Gasteiger partial charge in [0.05, 0.1) is 6.10 Å². The molecule has 15 heavy (non-hydrogen) atoms. The van der Waals surface area contributed by atoms with Gasteiger partial charge in [0.25, 0.3) is 0 Å². The summed E-state index contributed by atoms with van der Waals surface area (Å²) in [4.78, 5) is 11.2. The normalized spacial score (nSPS) is 25.3. The van der Waals surface area contributed by atoms with Crippen LogP contribution in [-0.4, -0.2) is 31.2 Å². The van der Waals surface area contributed by atoms with E-state index < -0.39 is 0 Å². The zero-order valence-electron chi connectivity index (χ0n) is 9.83. The monoisotopic (exact) mass is 214 g/mol. The molecule has 0 radical (unpaired) electrons. The minimum absolute atomic E-state index is 0.0286. The summed E-state index contributed by atoms with van der Waals surface area (Å²) in [6, 6.07) is 0. The van der Waals surface area contributed by atoms with E-state index in [2.05, 4.69) is 6.92 Å². The van der Waals surface area contributed by atoms with Crippen LogP contribution in [-0.2, 0) is 14.3 Å². The van der Waals surface area contributed by atoms with Crippen LogP contribution in [0.5, 0.6) is 0 Å². The van der Waals surface area contributed by atoms with Gasteiger partial charge in [-0.15, -0.1) is 0 Å². The van der Waals surface area contributed by atoms with E-state index in [1.54, 1.807) is 0 Å². The molecule has 0 aromatic carbocycles. The molecule has 0 bridgehead atoms. The molecule has 0 N–H and O–H groups in total. The third-order valence-corrected chi connectivity index (χ3v) is 2.64. The average molecular weight is 214 g/mol. The summed E-state index contributed by atoms with van der Waals surface area (Å²) in [6.07, 6.45) is 4.73. The first-order valence-corrected chi connectivity index (χ1v) is 6.05. The minimum Gasteiger partial charge on any atom is -0.375 e. The van der Waals surface area contributed by atoms with Gasteiger partial charge in [-0.25, -0.2) is 0 Å². The fourth-order valence-corrected chi connectivity index (χ4v) is 1.65. The second-order valence-corrected chi connectivity index (χ2v) is 4.08. The summed E-state index contributed by atoms with van der Waals surface area (Å²) in [7, 11) is 0. The molecular weight excluding hydrogens is 192 g/mol. The molecule has 2 unspecified atom stereocenters. The molecular formula is C12H22O3. The van der Waals surface area contributed by atoms with Crippen molar-refractivity contribution in [1.29, 1.82) is 0 Å². The smallest absolute Gasteiger partial charge is 0.166 e. The molecule has 0 aromatic rings. The molecule has 0 saturated heterocycles. The van der Waals surface area contributed by atoms with Gasteiger partial charge in [-0.2, -0.15) is 0 Å². The van der Waals surface area contributed by atoms with E-state index in [1.165, 1.54) is 12.8 Å². The Kier molecular flexibility index (Phi) is 5.88. The third kappa shape index (κ3) is 3.92. The zero-order valence-corrected chi connectivity index (χ0v) is 9.83. The Morgan fingerprint density at radius 3 is 2.53 bits per heavy atom. The lowest BCUT2D eigenvalue weighted by Gasteiger charge is -2.34. The average Bonchev–Trinajstić information content (AvgIpc) is 2.23. The van der Waals surface area contributed by atoms with Gasteiger partial charge in [0.15, 0.2) is 5.78 Å². The van der Waals surface area contributed by atoms with Gasteiger partial charge in [0.2, 0.25) is 0 Å². The summed E-state index contributed by atoms with van der Waals surface area (Å²) in [6.45, 7) is 5.63. The molecule has 1 aliphatic carbocycles. The quantitative estimate of drug-likeness (QED) is 0.582. The molecule has 88 valence electrons. The van der Waals surface area contributed by atoms with Gasteiger partial charge in [-0.3, -0.25) is 4.79 Å². The first-order valence-electron chi connectivity index (χ1n) is 6.05. The van der Waals surface area contributed by atoms with Gasteiger partial charge in [-0.1, -0.05) is 26.7 Å². The summed E-state index contributed by atoms with van der Waals surface area (Å²) in [5.41, 5.74) is 0. The van der Waals surface area contributed by atoms with Crippen molar-refractivity contribution in [2.75, 3.05) is 13.2 Å². The van der Waals surface area contributed by atoms with Crippen LogP contribution in [0.15, 0.2) is 0 Å². The molecule has 1 fully saturated rings. The highest BCUT2D eigenvalue weighted by Gasteiger charge is 2.41. The van der Waals surface area contributed by atoms with E-state index in [0.29, 0.717) is 13.0 Å². The lowest BCUT2D eigenvalue weighted by atomic mass is 9.90. The molecule has 2 atom stereocenters. The molecule has 1 saturated carbocycles. The lowest BCUT2D eigenvalue weighted by Crippen LogP contribution is -2.50. The number of unbranched alkanes of at least 4 members (excludes halogenated alkanes) is 2. The number of ether oxygens (including phenoxy) is 2. The number of ketones is 1. The van der Waals surface area contributed by atoms with E-state index in [0.717, 1.165) is 19.4 Å². The van der Waals surface area contributed by atoms with Crippen LogP contribution in [0.2, 0.25) is 0 Å². The Hall–Kier alpha value is -0.410. The Labute approximate surface area is 92.1 Å². The largest absolute Gasteiger partial charge is 0.375 e. The van der Waals surface area contributed by atoms with Crippen LogP contribution in [0, 0.1) is 0 Å². The second-order valence-electron chi connectivity index (χ2n) is 4.08. The Morgan fingerprint density at radius 2 is 1.93 bits per heavy atom. The number of rotatable bonds is 8. The van der Waals surface area contributed by atoms with Crippen molar-refractivity contribution in [3.8, 4) is 0 Å². The standard InChI is InChI=1S/C12H22O3/c1-3-5-6-8-14-11-9-10(13)12(11)15-7-4-2/h11-12H,3-9H2,1-2H3. The molecule has 0 amide bonds. The van der Waals surface area contributed by atoms with Gasteiger partial charge in [0.1, 0.15) is 6.10 Å². The lowest BCUT2D eigenvalue weighted by molar-refractivity contribution is -0.165. The first-order chi connectivity index (χ1) is 7.29. The summed E-state index contributed by atoms with van der Waals surface area (Å²) < 4.78 is 11.0. The van der Waals surface area contributed by atoms with E-state index in [4.69, 9.17) is 9.47 Å². The molecule has 0 aliphatic heterocycles. The molecule has 1 rings (SSSR count). The van der Waals surface area contributed by atoms with Crippen LogP contribution in [0.25, 0.3) is 0 Å². The second kappa shape index (κ2) is 6.96. The van der Waals surface area contributed by atoms with Gasteiger partial charge in [0, 0.05) is 19.6 Å². The van der Waals surface area contributed by atoms with Crippen LogP contribution in [0.3, 0.4) is 0 Å². The van der Waals surface area contributed by atoms with Crippen molar-refractivity contribution in [3.63, 3.8) is 0 Å². The summed E-state index contributed by atoms with van der Waals surface area (Å²) in [5.74, 6) is 0.198. The van der Waals surface area contributed by atoms with Crippen LogP contribution in [0.4, 0.5) is 0 Å². The fourth-order valence-electron chi connectivity index (χ4n) is 1.65. The molecule has 3 heteroatoms. The van der Waals surface area contributed by atoms with Crippen molar-refractivity contribution in [2.24, 2.45) is 0 Å². The molecule has 0 spiro atoms. The SMILES string of the molecule is CCCCCOC1CC(=O)C1OCCC. The van der Waals surface area contributed by atoms with E-state index in [1.807, 2.05) is 6.92 Å². The maximum atomic E-state index is 11.2. The molecule has 3 nitrogen and oxygen atoms in total. The molecule has 0 heterocycles. The number of hydrogen-bond donors (Lipinski definition) is 0. The maximum Gasteiger partial charge on any atom is 0.166 e. The molecule has 0 aromatic heterocycles. The Morgan fingerprint density at radius 1 is 1.13 bits per heavy atom. The van der Waals surface area contributed by atoms with E-state index in [9.17, 15) is 4.79 Å². The van der Waals surface area contributed by atoms with E-state index in [-0.39, 0.29) is 18.0 Å². The zero-order chi connectivity index (χ0) is 11.1. The topological polar surface area (TPSA) is 35.5 Å². The van der Waals surface area contributed by atoms with E-state index >= 15 is 0 Å². The minimum atomic E-state index is -0.272. The van der Waals surface area contributed by atoms with Crippen molar-refractivity contribution < 1.29 is 14.3 Å². The highest BCUT2D eigenvalue weighted by Crippen LogP contribution is 2.23. The molecule has 1 aliphatic rings. The number of hydrogen-bond acceptors (Lipinski definition) is 3. The van der Waals surface area contributed by atoms with Gasteiger partial charge in [-0.05, 0) is 12.8 Å². The van der Waals surface area contributed by atoms with Gasteiger partial charge >= 0.3 is 0 Å². The van der Waals surface area contributed by atoms with Crippen molar-refractivity contribution in [3.05, 3.63) is 0 Å². The fraction of sp³-hybridized carbons (Fsp3) is 0.917.